The third-order valence-electron chi connectivity index (χ3n) is 4.99. The van der Waals surface area contributed by atoms with E-state index in [0.29, 0.717) is 5.92 Å². The fourth-order valence-corrected chi connectivity index (χ4v) is 3.83. The lowest BCUT2D eigenvalue weighted by atomic mass is 9.85. The molecule has 0 radical (unpaired) electrons. The lowest BCUT2D eigenvalue weighted by Crippen LogP contribution is -2.29. The van der Waals surface area contributed by atoms with Crippen molar-refractivity contribution in [3.05, 3.63) is 17.2 Å². The van der Waals surface area contributed by atoms with Gasteiger partial charge in [0.15, 0.2) is 0 Å². The van der Waals surface area contributed by atoms with Crippen molar-refractivity contribution in [2.75, 3.05) is 0 Å². The third kappa shape index (κ3) is 2.71. The number of aryl methyl sites for hydroxylation is 2. The largest absolute Gasteiger partial charge is 0.391 e. The van der Waals surface area contributed by atoms with Gasteiger partial charge in [-0.1, -0.05) is 19.3 Å². The zero-order valence-electron chi connectivity index (χ0n) is 12.1. The molecule has 3 rings (SSSR count). The molecule has 0 aromatic carbocycles. The standard InChI is InChI=1S/C16H26N2O/c1-12-17-14-9-5-6-10-15(14)18(12)11-16(19)13-7-3-2-4-8-13/h13,16,19H,2-11H2,1H3. The quantitative estimate of drug-likeness (QED) is 0.909. The molecule has 2 aliphatic rings. The molecular formula is C16H26N2O. The van der Waals surface area contributed by atoms with Crippen LogP contribution in [0.1, 0.15) is 62.2 Å². The van der Waals surface area contributed by atoms with Crippen LogP contribution in [0.5, 0.6) is 0 Å². The van der Waals surface area contributed by atoms with Crippen LogP contribution in [-0.2, 0) is 19.4 Å². The first-order chi connectivity index (χ1) is 9.25. The number of hydrogen-bond donors (Lipinski definition) is 1. The number of nitrogens with zero attached hydrogens (tertiary/aromatic N) is 2. The van der Waals surface area contributed by atoms with Crippen molar-refractivity contribution in [2.45, 2.75) is 77.4 Å². The summed E-state index contributed by atoms with van der Waals surface area (Å²) >= 11 is 0. The van der Waals surface area contributed by atoms with E-state index in [2.05, 4.69) is 11.5 Å². The second-order valence-corrected chi connectivity index (χ2v) is 6.34. The number of rotatable bonds is 3. The second-order valence-electron chi connectivity index (χ2n) is 6.34. The molecule has 1 atom stereocenters. The number of hydrogen-bond acceptors (Lipinski definition) is 2. The Balaban J connectivity index is 1.73. The zero-order valence-corrected chi connectivity index (χ0v) is 12.1. The van der Waals surface area contributed by atoms with E-state index in [9.17, 15) is 5.11 Å². The molecule has 2 aliphatic carbocycles. The van der Waals surface area contributed by atoms with Crippen LogP contribution in [0.25, 0.3) is 0 Å². The highest BCUT2D eigenvalue weighted by atomic mass is 16.3. The predicted octanol–water partition coefficient (Wildman–Crippen LogP) is 3.01. The van der Waals surface area contributed by atoms with Crippen molar-refractivity contribution in [1.82, 2.24) is 9.55 Å². The third-order valence-corrected chi connectivity index (χ3v) is 4.99. The van der Waals surface area contributed by atoms with Crippen LogP contribution in [0, 0.1) is 12.8 Å². The lowest BCUT2D eigenvalue weighted by molar-refractivity contribution is 0.0683. The molecule has 0 bridgehead atoms. The minimum atomic E-state index is -0.181. The van der Waals surface area contributed by atoms with E-state index in [-0.39, 0.29) is 6.10 Å². The Morgan fingerprint density at radius 3 is 2.68 bits per heavy atom. The summed E-state index contributed by atoms with van der Waals surface area (Å²) in [6.45, 7) is 2.85. The summed E-state index contributed by atoms with van der Waals surface area (Å²) in [5, 5.41) is 10.5. The number of aliphatic hydroxyl groups excluding tert-OH is 1. The molecule has 0 aliphatic heterocycles. The highest BCUT2D eigenvalue weighted by molar-refractivity contribution is 5.20. The minimum Gasteiger partial charge on any atom is -0.391 e. The van der Waals surface area contributed by atoms with Gasteiger partial charge >= 0.3 is 0 Å². The Labute approximate surface area is 116 Å². The van der Waals surface area contributed by atoms with Crippen LogP contribution in [-0.4, -0.2) is 20.8 Å². The van der Waals surface area contributed by atoms with Gasteiger partial charge in [-0.25, -0.2) is 4.98 Å². The molecule has 1 fully saturated rings. The van der Waals surface area contributed by atoms with Gasteiger partial charge in [-0.2, -0.15) is 0 Å². The number of aromatic nitrogens is 2. The number of fused-ring (bicyclic) bond motifs is 1. The highest BCUT2D eigenvalue weighted by Crippen LogP contribution is 2.29. The molecule has 1 unspecified atom stereocenters. The van der Waals surface area contributed by atoms with Crippen LogP contribution in [0.3, 0.4) is 0 Å². The van der Waals surface area contributed by atoms with Gasteiger partial charge in [-0.3, -0.25) is 0 Å². The maximum Gasteiger partial charge on any atom is 0.106 e. The number of aliphatic hydroxyl groups is 1. The van der Waals surface area contributed by atoms with E-state index in [1.54, 1.807) is 0 Å². The Kier molecular flexibility index (Phi) is 3.92. The van der Waals surface area contributed by atoms with Crippen LogP contribution >= 0.6 is 0 Å². The van der Waals surface area contributed by atoms with E-state index in [1.165, 1.54) is 56.3 Å². The fraction of sp³-hybridized carbons (Fsp3) is 0.812. The lowest BCUT2D eigenvalue weighted by Gasteiger charge is -2.28. The van der Waals surface area contributed by atoms with Gasteiger partial charge in [-0.15, -0.1) is 0 Å². The first-order valence-electron chi connectivity index (χ1n) is 7.98. The molecule has 1 N–H and O–H groups in total. The second kappa shape index (κ2) is 5.66. The molecule has 0 saturated heterocycles. The average Bonchev–Trinajstić information content (AvgIpc) is 2.76. The van der Waals surface area contributed by atoms with Crippen LogP contribution in [0.15, 0.2) is 0 Å². The van der Waals surface area contributed by atoms with Crippen molar-refractivity contribution in [3.8, 4) is 0 Å². The van der Waals surface area contributed by atoms with Gasteiger partial charge in [0.2, 0.25) is 0 Å². The molecule has 0 amide bonds. The Hall–Kier alpha value is -0.830. The topological polar surface area (TPSA) is 38.0 Å². The van der Waals surface area contributed by atoms with Gasteiger partial charge in [-0.05, 0) is 51.4 Å². The molecule has 3 heteroatoms. The summed E-state index contributed by atoms with van der Waals surface area (Å²) in [5.41, 5.74) is 2.69. The molecule has 1 heterocycles. The Bertz CT molecular complexity index is 432. The van der Waals surface area contributed by atoms with Crippen LogP contribution in [0.2, 0.25) is 0 Å². The van der Waals surface area contributed by atoms with E-state index in [1.807, 2.05) is 0 Å². The first-order valence-corrected chi connectivity index (χ1v) is 7.98. The highest BCUT2D eigenvalue weighted by Gasteiger charge is 2.25. The van der Waals surface area contributed by atoms with E-state index >= 15 is 0 Å². The molecule has 1 aromatic heterocycles. The summed E-state index contributed by atoms with van der Waals surface area (Å²) in [6, 6.07) is 0. The SMILES string of the molecule is Cc1nc2c(n1CC(O)C1CCCCC1)CCCC2. The molecular weight excluding hydrogens is 236 g/mol. The summed E-state index contributed by atoms with van der Waals surface area (Å²) in [5.74, 6) is 1.61. The average molecular weight is 262 g/mol. The summed E-state index contributed by atoms with van der Waals surface area (Å²) in [6.07, 6.45) is 11.0. The van der Waals surface area contributed by atoms with Crippen LogP contribution in [0.4, 0.5) is 0 Å². The van der Waals surface area contributed by atoms with E-state index in [4.69, 9.17) is 4.98 Å². The van der Waals surface area contributed by atoms with Gasteiger partial charge < -0.3 is 9.67 Å². The number of imidazole rings is 1. The molecule has 1 aromatic rings. The minimum absolute atomic E-state index is 0.181. The zero-order chi connectivity index (χ0) is 13.2. The Morgan fingerprint density at radius 1 is 1.16 bits per heavy atom. The molecule has 1 saturated carbocycles. The Morgan fingerprint density at radius 2 is 1.89 bits per heavy atom. The maximum absolute atomic E-state index is 10.5. The van der Waals surface area contributed by atoms with Crippen molar-refractivity contribution in [2.24, 2.45) is 5.92 Å². The van der Waals surface area contributed by atoms with Crippen molar-refractivity contribution in [1.29, 1.82) is 0 Å². The smallest absolute Gasteiger partial charge is 0.106 e. The molecule has 106 valence electrons. The normalized spacial score (nSPS) is 22.2. The van der Waals surface area contributed by atoms with E-state index < -0.39 is 0 Å². The van der Waals surface area contributed by atoms with Gasteiger partial charge in [0, 0.05) is 5.69 Å². The summed E-state index contributed by atoms with van der Waals surface area (Å²) < 4.78 is 2.30. The van der Waals surface area contributed by atoms with Crippen LogP contribution < -0.4 is 0 Å². The molecule has 19 heavy (non-hydrogen) atoms. The summed E-state index contributed by atoms with van der Waals surface area (Å²) in [4.78, 5) is 4.70. The summed E-state index contributed by atoms with van der Waals surface area (Å²) in [7, 11) is 0. The van der Waals surface area contributed by atoms with Crippen molar-refractivity contribution in [3.63, 3.8) is 0 Å². The molecule has 0 spiro atoms. The van der Waals surface area contributed by atoms with E-state index in [0.717, 1.165) is 25.2 Å². The van der Waals surface area contributed by atoms with Gasteiger partial charge in [0.1, 0.15) is 5.82 Å². The predicted molar refractivity (Wildman–Crippen MR) is 76.2 cm³/mol. The maximum atomic E-state index is 10.5. The van der Waals surface area contributed by atoms with Crippen molar-refractivity contribution < 1.29 is 5.11 Å². The first kappa shape index (κ1) is 13.2. The van der Waals surface area contributed by atoms with Gasteiger partial charge in [0.25, 0.3) is 0 Å². The fourth-order valence-electron chi connectivity index (χ4n) is 3.83. The van der Waals surface area contributed by atoms with Gasteiger partial charge in [0.05, 0.1) is 18.3 Å². The molecule has 3 nitrogen and oxygen atoms in total. The monoisotopic (exact) mass is 262 g/mol. The van der Waals surface area contributed by atoms with Crippen molar-refractivity contribution >= 4 is 0 Å².